The average molecular weight is 556 g/mol. The molecule has 39 heavy (non-hydrogen) atoms. The van der Waals surface area contributed by atoms with Gasteiger partial charge >= 0.3 is 0 Å². The first-order valence-corrected chi connectivity index (χ1v) is 12.9. The molecular formula is C27H27ClFN5O5. The Kier molecular flexibility index (Phi) is 8.08. The number of halogens is 2. The summed E-state index contributed by atoms with van der Waals surface area (Å²) in [7, 11) is 0. The van der Waals surface area contributed by atoms with Gasteiger partial charge in [0.25, 0.3) is 11.8 Å². The minimum Gasteiger partial charge on any atom is -0.433 e. The van der Waals surface area contributed by atoms with Crippen molar-refractivity contribution < 1.29 is 28.0 Å². The van der Waals surface area contributed by atoms with Crippen LogP contribution in [0, 0.1) is 18.7 Å². The number of amides is 2. The van der Waals surface area contributed by atoms with Crippen molar-refractivity contribution in [3.8, 4) is 11.6 Å². The van der Waals surface area contributed by atoms with E-state index in [0.29, 0.717) is 42.5 Å². The molecular weight excluding hydrogens is 529 g/mol. The first-order valence-electron chi connectivity index (χ1n) is 12.5. The molecule has 1 aromatic heterocycles. The molecule has 10 nitrogen and oxygen atoms in total. The van der Waals surface area contributed by atoms with Gasteiger partial charge in [-0.15, -0.1) is 0 Å². The van der Waals surface area contributed by atoms with Gasteiger partial charge < -0.3 is 24.6 Å². The largest absolute Gasteiger partial charge is 0.433 e. The summed E-state index contributed by atoms with van der Waals surface area (Å²) in [6.07, 6.45) is 1.22. The van der Waals surface area contributed by atoms with Crippen molar-refractivity contribution in [2.75, 3.05) is 25.1 Å². The molecule has 1 unspecified atom stereocenters. The van der Waals surface area contributed by atoms with Crippen molar-refractivity contribution in [1.29, 1.82) is 0 Å². The van der Waals surface area contributed by atoms with Gasteiger partial charge in [0.05, 0.1) is 13.1 Å². The smallest absolute Gasteiger partial charge is 0.259 e. The number of hydrogen-bond acceptors (Lipinski definition) is 8. The van der Waals surface area contributed by atoms with Crippen molar-refractivity contribution >= 4 is 35.1 Å². The van der Waals surface area contributed by atoms with Gasteiger partial charge in [0.15, 0.2) is 11.6 Å². The van der Waals surface area contributed by atoms with Crippen LogP contribution in [0.3, 0.4) is 0 Å². The number of anilines is 1. The minimum atomic E-state index is -0.823. The van der Waals surface area contributed by atoms with Gasteiger partial charge in [-0.25, -0.2) is 9.38 Å². The van der Waals surface area contributed by atoms with Crippen molar-refractivity contribution in [3.05, 3.63) is 70.7 Å². The molecule has 2 amide bonds. The van der Waals surface area contributed by atoms with E-state index in [9.17, 15) is 14.0 Å². The molecule has 1 atom stereocenters. The molecule has 1 fully saturated rings. The van der Waals surface area contributed by atoms with Crippen LogP contribution in [0.15, 0.2) is 58.0 Å². The van der Waals surface area contributed by atoms with E-state index in [4.69, 9.17) is 25.6 Å². The summed E-state index contributed by atoms with van der Waals surface area (Å²) >= 11 is 6.03. The topological polar surface area (TPSA) is 118 Å². The zero-order valence-electron chi connectivity index (χ0n) is 21.2. The molecule has 1 saturated heterocycles. The first-order chi connectivity index (χ1) is 18.9. The number of aryl methyl sites for hydroxylation is 1. The Bertz CT molecular complexity index is 1370. The third kappa shape index (κ3) is 6.55. The number of carbonyl (C=O) groups is 2. The number of rotatable bonds is 7. The van der Waals surface area contributed by atoms with Crippen molar-refractivity contribution in [1.82, 2.24) is 15.4 Å². The molecule has 0 saturated carbocycles. The Morgan fingerprint density at radius 2 is 1.95 bits per heavy atom. The summed E-state index contributed by atoms with van der Waals surface area (Å²) < 4.78 is 30.5. The molecule has 2 aliphatic heterocycles. The summed E-state index contributed by atoms with van der Waals surface area (Å²) in [4.78, 5) is 32.4. The third-order valence-electron chi connectivity index (χ3n) is 6.41. The highest BCUT2D eigenvalue weighted by molar-refractivity contribution is 6.30. The van der Waals surface area contributed by atoms with Crippen LogP contribution in [0.5, 0.6) is 11.6 Å². The number of nitrogens with zero attached hydrogens (tertiary/aromatic N) is 3. The van der Waals surface area contributed by atoms with E-state index in [1.165, 1.54) is 17.0 Å². The molecule has 204 valence electrons. The number of ether oxygens (including phenoxy) is 2. The Labute approximate surface area is 229 Å². The first kappa shape index (κ1) is 26.6. The van der Waals surface area contributed by atoms with E-state index < -0.39 is 11.9 Å². The molecule has 2 N–H and O–H groups in total. The van der Waals surface area contributed by atoms with Gasteiger partial charge in [-0.1, -0.05) is 23.7 Å². The number of nitrogens with one attached hydrogen (secondary N) is 2. The van der Waals surface area contributed by atoms with E-state index in [-0.39, 0.29) is 48.4 Å². The van der Waals surface area contributed by atoms with Crippen LogP contribution in [0.2, 0.25) is 5.02 Å². The van der Waals surface area contributed by atoms with Crippen LogP contribution in [0.4, 0.5) is 10.1 Å². The highest BCUT2D eigenvalue weighted by Gasteiger charge is 2.35. The molecule has 0 radical (unpaired) electrons. The van der Waals surface area contributed by atoms with E-state index in [1.54, 1.807) is 43.3 Å². The van der Waals surface area contributed by atoms with Crippen LogP contribution in [-0.4, -0.2) is 53.6 Å². The fourth-order valence-electron chi connectivity index (χ4n) is 4.32. The molecule has 3 heterocycles. The van der Waals surface area contributed by atoms with E-state index in [0.717, 1.165) is 5.56 Å². The molecule has 0 bridgehead atoms. The molecule has 2 aliphatic rings. The van der Waals surface area contributed by atoms with Crippen molar-refractivity contribution in [3.63, 3.8) is 0 Å². The summed E-state index contributed by atoms with van der Waals surface area (Å²) in [6.45, 7) is 2.95. The highest BCUT2D eigenvalue weighted by Crippen LogP contribution is 2.27. The molecule has 0 aliphatic carbocycles. The maximum atomic E-state index is 14.8. The molecule has 12 heteroatoms. The van der Waals surface area contributed by atoms with Crippen LogP contribution >= 0.6 is 11.6 Å². The Hall–Kier alpha value is -3.96. The fourth-order valence-corrected chi connectivity index (χ4v) is 4.44. The Morgan fingerprint density at radius 1 is 1.18 bits per heavy atom. The summed E-state index contributed by atoms with van der Waals surface area (Å²) in [5, 5.41) is 10.2. The van der Waals surface area contributed by atoms with Gasteiger partial charge in [0.2, 0.25) is 11.9 Å². The van der Waals surface area contributed by atoms with Crippen molar-refractivity contribution in [2.45, 2.75) is 32.4 Å². The summed E-state index contributed by atoms with van der Waals surface area (Å²) in [5.41, 5.74) is 1.16. The van der Waals surface area contributed by atoms with Gasteiger partial charge in [0, 0.05) is 42.0 Å². The van der Waals surface area contributed by atoms with Crippen LogP contribution in [0.1, 0.15) is 24.2 Å². The van der Waals surface area contributed by atoms with Gasteiger partial charge in [-0.3, -0.25) is 14.5 Å². The van der Waals surface area contributed by atoms with Gasteiger partial charge in [0.1, 0.15) is 11.8 Å². The Morgan fingerprint density at radius 3 is 2.64 bits per heavy atom. The van der Waals surface area contributed by atoms with E-state index in [1.807, 2.05) is 0 Å². The minimum absolute atomic E-state index is 0.0376. The lowest BCUT2D eigenvalue weighted by molar-refractivity contribution is -0.136. The summed E-state index contributed by atoms with van der Waals surface area (Å²) in [5.74, 6) is -0.501. The molecule has 2 aromatic carbocycles. The predicted molar refractivity (Wildman–Crippen MR) is 141 cm³/mol. The second kappa shape index (κ2) is 11.8. The summed E-state index contributed by atoms with van der Waals surface area (Å²) in [6, 6.07) is 12.0. The highest BCUT2D eigenvalue weighted by atomic mass is 35.5. The number of benzene rings is 2. The monoisotopic (exact) mass is 555 g/mol. The normalized spacial score (nSPS) is 18.0. The lowest BCUT2D eigenvalue weighted by Crippen LogP contribution is -2.57. The van der Waals surface area contributed by atoms with Crippen LogP contribution in [0.25, 0.3) is 0 Å². The number of guanidine groups is 1. The zero-order chi connectivity index (χ0) is 27.4. The van der Waals surface area contributed by atoms with Gasteiger partial charge in [-0.2, -0.15) is 0 Å². The quantitative estimate of drug-likeness (QED) is 0.446. The number of aromatic nitrogens is 1. The molecule has 3 aromatic rings. The van der Waals surface area contributed by atoms with E-state index in [2.05, 4.69) is 20.8 Å². The second-order valence-corrected chi connectivity index (χ2v) is 9.75. The SMILES string of the molecule is Cc1cc(Oc2ccc(NC3=NCC(NC(=O)C4CCOCC4)C(=O)N3Cc3ccc(Cl)cc3)cc2F)no1. The predicted octanol–water partition coefficient (Wildman–Crippen LogP) is 4.29. The average Bonchev–Trinajstić information content (AvgIpc) is 3.35. The standard InChI is InChI=1S/C27H27ClFN5O5/c1-16-12-24(33-39-16)38-23-7-6-20(13-21(23)29)31-27-30-14-22(32-25(35)18-8-10-37-11-9-18)26(36)34(27)15-17-2-4-19(28)5-3-17/h2-7,12-13,18,22H,8-11,14-15H2,1H3,(H,30,31)(H,32,35). The zero-order valence-corrected chi connectivity index (χ0v) is 21.9. The van der Waals surface area contributed by atoms with E-state index >= 15 is 0 Å². The fraction of sp³-hybridized carbons (Fsp3) is 0.333. The number of carbonyl (C=O) groups excluding carboxylic acids is 2. The Balaban J connectivity index is 1.34. The molecule has 0 spiro atoms. The lowest BCUT2D eigenvalue weighted by Gasteiger charge is -2.33. The van der Waals surface area contributed by atoms with Crippen molar-refractivity contribution in [2.24, 2.45) is 10.9 Å². The number of hydrogen-bond donors (Lipinski definition) is 2. The van der Waals surface area contributed by atoms with Gasteiger partial charge in [-0.05, 0) is 54.8 Å². The number of aliphatic imine (C=N–C) groups is 1. The maximum Gasteiger partial charge on any atom is 0.259 e. The van der Waals surface area contributed by atoms with Crippen LogP contribution in [-0.2, 0) is 20.9 Å². The molecule has 5 rings (SSSR count). The third-order valence-corrected chi connectivity index (χ3v) is 6.67. The lowest BCUT2D eigenvalue weighted by atomic mass is 9.99. The maximum absolute atomic E-state index is 14.8. The van der Waals surface area contributed by atoms with Crippen LogP contribution < -0.4 is 15.4 Å². The second-order valence-electron chi connectivity index (χ2n) is 9.31.